The molecule has 0 aromatic rings. The molecule has 0 radical (unpaired) electrons. The van der Waals surface area contributed by atoms with Gasteiger partial charge >= 0.3 is 0 Å². The maximum Gasteiger partial charge on any atom is 0.260 e. The summed E-state index contributed by atoms with van der Waals surface area (Å²) < 4.78 is 37.8. The molecule has 0 aromatic heterocycles. The first kappa shape index (κ1) is 14.8. The number of ether oxygens (including phenoxy) is 2. The summed E-state index contributed by atoms with van der Waals surface area (Å²) in [5.41, 5.74) is -1.13. The summed E-state index contributed by atoms with van der Waals surface area (Å²) in [5, 5.41) is 0. The van der Waals surface area contributed by atoms with E-state index in [4.69, 9.17) is 9.47 Å². The van der Waals surface area contributed by atoms with Gasteiger partial charge in [-0.3, -0.25) is 0 Å². The van der Waals surface area contributed by atoms with Crippen LogP contribution in [0.3, 0.4) is 0 Å². The van der Waals surface area contributed by atoms with E-state index in [0.717, 1.165) is 0 Å². The number of hydrogen-bond acceptors (Lipinski definition) is 2. The lowest BCUT2D eigenvalue weighted by molar-refractivity contribution is -0.183. The van der Waals surface area contributed by atoms with Crippen LogP contribution < -0.4 is 0 Å². The third kappa shape index (κ3) is 3.11. The standard InChI is InChI=1S/C11H22F2O2/c1-6-10(3,8-15-5)11(12,13)9(2)7-14-4/h9H,6-8H2,1-5H3. The Labute approximate surface area is 90.9 Å². The lowest BCUT2D eigenvalue weighted by atomic mass is 9.76. The molecule has 15 heavy (non-hydrogen) atoms. The van der Waals surface area contributed by atoms with Crippen LogP contribution in [0, 0.1) is 11.3 Å². The third-order valence-electron chi connectivity index (χ3n) is 3.08. The van der Waals surface area contributed by atoms with Crippen molar-refractivity contribution in [2.24, 2.45) is 11.3 Å². The highest BCUT2D eigenvalue weighted by atomic mass is 19.3. The van der Waals surface area contributed by atoms with Crippen LogP contribution in [0.5, 0.6) is 0 Å². The van der Waals surface area contributed by atoms with E-state index in [2.05, 4.69) is 0 Å². The largest absolute Gasteiger partial charge is 0.384 e. The zero-order valence-electron chi connectivity index (χ0n) is 10.3. The fourth-order valence-corrected chi connectivity index (χ4v) is 1.70. The van der Waals surface area contributed by atoms with Gasteiger partial charge in [0, 0.05) is 20.1 Å². The summed E-state index contributed by atoms with van der Waals surface area (Å²) in [7, 11) is 2.89. The molecule has 0 aromatic carbocycles. The van der Waals surface area contributed by atoms with E-state index in [0.29, 0.717) is 6.42 Å². The van der Waals surface area contributed by atoms with Crippen molar-refractivity contribution in [3.05, 3.63) is 0 Å². The van der Waals surface area contributed by atoms with Crippen LogP contribution in [-0.4, -0.2) is 33.4 Å². The van der Waals surface area contributed by atoms with E-state index >= 15 is 0 Å². The van der Waals surface area contributed by atoms with Crippen molar-refractivity contribution in [3.8, 4) is 0 Å². The summed E-state index contributed by atoms with van der Waals surface area (Å²) >= 11 is 0. The molecule has 0 heterocycles. The fourth-order valence-electron chi connectivity index (χ4n) is 1.70. The van der Waals surface area contributed by atoms with Crippen LogP contribution in [0.2, 0.25) is 0 Å². The van der Waals surface area contributed by atoms with Gasteiger partial charge in [-0.1, -0.05) is 20.8 Å². The van der Waals surface area contributed by atoms with E-state index in [9.17, 15) is 8.78 Å². The molecular formula is C11H22F2O2. The van der Waals surface area contributed by atoms with E-state index in [1.54, 1.807) is 13.8 Å². The number of rotatable bonds is 7. The van der Waals surface area contributed by atoms with Gasteiger partial charge in [-0.25, -0.2) is 8.78 Å². The topological polar surface area (TPSA) is 18.5 Å². The first-order valence-corrected chi connectivity index (χ1v) is 5.21. The molecule has 0 fully saturated rings. The normalized spacial score (nSPS) is 18.6. The van der Waals surface area contributed by atoms with Gasteiger partial charge < -0.3 is 9.47 Å². The predicted molar refractivity (Wildman–Crippen MR) is 56.3 cm³/mol. The number of alkyl halides is 2. The quantitative estimate of drug-likeness (QED) is 0.662. The Morgan fingerprint density at radius 3 is 2.07 bits per heavy atom. The molecule has 0 aliphatic carbocycles. The van der Waals surface area contributed by atoms with Gasteiger partial charge in [0.25, 0.3) is 5.92 Å². The number of halogens is 2. The Kier molecular flexibility index (Phi) is 5.67. The van der Waals surface area contributed by atoms with Gasteiger partial charge in [0.05, 0.1) is 18.6 Å². The summed E-state index contributed by atoms with van der Waals surface area (Å²) in [6.45, 7) is 4.94. The van der Waals surface area contributed by atoms with Gasteiger partial charge in [0.2, 0.25) is 0 Å². The van der Waals surface area contributed by atoms with Gasteiger partial charge in [-0.2, -0.15) is 0 Å². The first-order chi connectivity index (χ1) is 6.85. The highest BCUT2D eigenvalue weighted by molar-refractivity contribution is 4.91. The van der Waals surface area contributed by atoms with E-state index in [1.807, 2.05) is 0 Å². The molecular weight excluding hydrogens is 202 g/mol. The Balaban J connectivity index is 4.77. The molecule has 2 nitrogen and oxygen atoms in total. The van der Waals surface area contributed by atoms with Crippen LogP contribution in [0.1, 0.15) is 27.2 Å². The molecule has 2 atom stereocenters. The van der Waals surface area contributed by atoms with Crippen LogP contribution in [0.25, 0.3) is 0 Å². The Morgan fingerprint density at radius 1 is 1.20 bits per heavy atom. The number of methoxy groups -OCH3 is 2. The zero-order chi connectivity index (χ0) is 12.1. The highest BCUT2D eigenvalue weighted by Crippen LogP contribution is 2.44. The minimum absolute atomic E-state index is 0.0601. The predicted octanol–water partition coefficient (Wildman–Crippen LogP) is 2.97. The lowest BCUT2D eigenvalue weighted by Gasteiger charge is -2.39. The molecule has 0 rings (SSSR count). The maximum atomic E-state index is 14.1. The summed E-state index contributed by atoms with van der Waals surface area (Å²) in [6.07, 6.45) is 0.377. The average molecular weight is 224 g/mol. The van der Waals surface area contributed by atoms with Crippen molar-refractivity contribution >= 4 is 0 Å². The Morgan fingerprint density at radius 2 is 1.73 bits per heavy atom. The van der Waals surface area contributed by atoms with Crippen LogP contribution in [-0.2, 0) is 9.47 Å². The molecule has 92 valence electrons. The highest BCUT2D eigenvalue weighted by Gasteiger charge is 2.52. The monoisotopic (exact) mass is 224 g/mol. The second kappa shape index (κ2) is 5.75. The second-order valence-electron chi connectivity index (χ2n) is 4.33. The molecule has 0 bridgehead atoms. The molecule has 0 saturated heterocycles. The van der Waals surface area contributed by atoms with E-state index in [-0.39, 0.29) is 13.2 Å². The van der Waals surface area contributed by atoms with Crippen molar-refractivity contribution in [1.29, 1.82) is 0 Å². The van der Waals surface area contributed by atoms with Crippen molar-refractivity contribution in [2.75, 3.05) is 27.4 Å². The fraction of sp³-hybridized carbons (Fsp3) is 1.00. The molecule has 0 spiro atoms. The van der Waals surface area contributed by atoms with Crippen LogP contribution >= 0.6 is 0 Å². The molecule has 0 saturated carbocycles. The van der Waals surface area contributed by atoms with Gasteiger partial charge in [-0.15, -0.1) is 0 Å². The SMILES string of the molecule is CCC(C)(COC)C(F)(F)C(C)COC. The van der Waals surface area contributed by atoms with Crippen molar-refractivity contribution < 1.29 is 18.3 Å². The van der Waals surface area contributed by atoms with Gasteiger partial charge in [0.15, 0.2) is 0 Å². The van der Waals surface area contributed by atoms with Crippen molar-refractivity contribution in [2.45, 2.75) is 33.1 Å². The van der Waals surface area contributed by atoms with Crippen molar-refractivity contribution in [1.82, 2.24) is 0 Å². The maximum absolute atomic E-state index is 14.1. The Bertz CT molecular complexity index is 185. The molecule has 0 aliphatic rings. The first-order valence-electron chi connectivity index (χ1n) is 5.21. The Hall–Kier alpha value is -0.220. The lowest BCUT2D eigenvalue weighted by Crippen LogP contribution is -2.47. The zero-order valence-corrected chi connectivity index (χ0v) is 10.3. The minimum atomic E-state index is -2.78. The van der Waals surface area contributed by atoms with Crippen molar-refractivity contribution in [3.63, 3.8) is 0 Å². The smallest absolute Gasteiger partial charge is 0.260 e. The molecule has 0 amide bonds. The summed E-state index contributed by atoms with van der Waals surface area (Å²) in [5.74, 6) is -3.59. The van der Waals surface area contributed by atoms with Gasteiger partial charge in [0.1, 0.15) is 0 Å². The summed E-state index contributed by atoms with van der Waals surface area (Å²) in [6, 6.07) is 0. The van der Waals surface area contributed by atoms with Crippen LogP contribution in [0.4, 0.5) is 8.78 Å². The summed E-state index contributed by atoms with van der Waals surface area (Å²) in [4.78, 5) is 0. The van der Waals surface area contributed by atoms with E-state index in [1.165, 1.54) is 21.1 Å². The third-order valence-corrected chi connectivity index (χ3v) is 3.08. The van der Waals surface area contributed by atoms with Crippen LogP contribution in [0.15, 0.2) is 0 Å². The minimum Gasteiger partial charge on any atom is -0.384 e. The molecule has 0 N–H and O–H groups in total. The molecule has 0 aliphatic heterocycles. The molecule has 2 unspecified atom stereocenters. The van der Waals surface area contributed by atoms with Gasteiger partial charge in [-0.05, 0) is 6.42 Å². The number of hydrogen-bond donors (Lipinski definition) is 0. The average Bonchev–Trinajstić information content (AvgIpc) is 2.18. The molecule has 4 heteroatoms. The second-order valence-corrected chi connectivity index (χ2v) is 4.33. The van der Waals surface area contributed by atoms with E-state index < -0.39 is 17.3 Å².